The lowest BCUT2D eigenvalue weighted by molar-refractivity contribution is 0.197. The van der Waals surface area contributed by atoms with Crippen LogP contribution in [0.5, 0.6) is 0 Å². The predicted molar refractivity (Wildman–Crippen MR) is 63.9 cm³/mol. The third kappa shape index (κ3) is 1.65. The number of rotatable bonds is 1. The predicted octanol–water partition coefficient (Wildman–Crippen LogP) is 2.49. The normalized spacial score (nSPS) is 42.8. The van der Waals surface area contributed by atoms with E-state index in [1.807, 2.05) is 0 Å². The average Bonchev–Trinajstić information content (AvgIpc) is 2.80. The van der Waals surface area contributed by atoms with Gasteiger partial charge in [-0.3, -0.25) is 4.90 Å². The lowest BCUT2D eigenvalue weighted by Gasteiger charge is -2.33. The van der Waals surface area contributed by atoms with Gasteiger partial charge in [-0.1, -0.05) is 18.0 Å². The van der Waals surface area contributed by atoms with Crippen molar-refractivity contribution in [3.63, 3.8) is 0 Å². The Morgan fingerprint density at radius 1 is 1.06 bits per heavy atom. The van der Waals surface area contributed by atoms with Crippen LogP contribution in [-0.2, 0) is 0 Å². The van der Waals surface area contributed by atoms with E-state index < -0.39 is 0 Å². The van der Waals surface area contributed by atoms with Gasteiger partial charge in [-0.2, -0.15) is 0 Å². The Balaban J connectivity index is 1.77. The van der Waals surface area contributed by atoms with Crippen molar-refractivity contribution in [1.29, 1.82) is 0 Å². The molecule has 2 saturated carbocycles. The van der Waals surface area contributed by atoms with Gasteiger partial charge in [0, 0.05) is 5.92 Å². The second kappa shape index (κ2) is 4.36. The van der Waals surface area contributed by atoms with Crippen molar-refractivity contribution in [2.45, 2.75) is 51.0 Å². The SMILES string of the molecule is O/N=C1\C2CCC(C2)C1N1CCCCCC1. The number of likely N-dealkylation sites (tertiary alicyclic amines) is 1. The van der Waals surface area contributed by atoms with Crippen molar-refractivity contribution in [1.82, 2.24) is 4.90 Å². The molecule has 1 aliphatic heterocycles. The number of nitrogens with zero attached hydrogens (tertiary/aromatic N) is 2. The van der Waals surface area contributed by atoms with E-state index in [9.17, 15) is 5.21 Å². The Morgan fingerprint density at radius 2 is 1.81 bits per heavy atom. The molecule has 3 nitrogen and oxygen atoms in total. The first-order valence-corrected chi connectivity index (χ1v) is 6.86. The highest BCUT2D eigenvalue weighted by Crippen LogP contribution is 2.45. The molecular weight excluding hydrogens is 200 g/mol. The van der Waals surface area contributed by atoms with Crippen LogP contribution < -0.4 is 0 Å². The molecule has 2 bridgehead atoms. The summed E-state index contributed by atoms with van der Waals surface area (Å²) in [4.78, 5) is 2.60. The molecule has 90 valence electrons. The number of oxime groups is 1. The number of fused-ring (bicyclic) bond motifs is 2. The van der Waals surface area contributed by atoms with Crippen LogP contribution in [0, 0.1) is 11.8 Å². The maximum atomic E-state index is 9.22. The van der Waals surface area contributed by atoms with E-state index in [1.54, 1.807) is 0 Å². The van der Waals surface area contributed by atoms with E-state index in [4.69, 9.17) is 0 Å². The molecule has 0 radical (unpaired) electrons. The lowest BCUT2D eigenvalue weighted by atomic mass is 9.92. The highest BCUT2D eigenvalue weighted by Gasteiger charge is 2.47. The van der Waals surface area contributed by atoms with Gasteiger partial charge >= 0.3 is 0 Å². The molecule has 0 amide bonds. The first-order valence-electron chi connectivity index (χ1n) is 6.86. The topological polar surface area (TPSA) is 35.8 Å². The van der Waals surface area contributed by atoms with Gasteiger partial charge in [0.15, 0.2) is 0 Å². The Labute approximate surface area is 97.5 Å². The van der Waals surface area contributed by atoms with Crippen LogP contribution in [0.25, 0.3) is 0 Å². The zero-order valence-corrected chi connectivity index (χ0v) is 9.94. The maximum absolute atomic E-state index is 9.22. The van der Waals surface area contributed by atoms with Gasteiger partial charge in [0.25, 0.3) is 0 Å². The quantitative estimate of drug-likeness (QED) is 0.546. The molecule has 1 N–H and O–H groups in total. The summed E-state index contributed by atoms with van der Waals surface area (Å²) < 4.78 is 0. The van der Waals surface area contributed by atoms with Gasteiger partial charge in [-0.05, 0) is 51.1 Å². The van der Waals surface area contributed by atoms with Gasteiger partial charge in [0.05, 0.1) is 11.8 Å². The molecule has 0 aromatic rings. The van der Waals surface area contributed by atoms with E-state index >= 15 is 0 Å². The van der Waals surface area contributed by atoms with Crippen LogP contribution in [0.15, 0.2) is 5.16 Å². The van der Waals surface area contributed by atoms with Crippen LogP contribution in [0.4, 0.5) is 0 Å². The molecule has 0 aromatic heterocycles. The Kier molecular flexibility index (Phi) is 2.88. The molecule has 3 heteroatoms. The monoisotopic (exact) mass is 222 g/mol. The van der Waals surface area contributed by atoms with Crippen LogP contribution in [0.1, 0.15) is 44.9 Å². The smallest absolute Gasteiger partial charge is 0.0775 e. The molecule has 16 heavy (non-hydrogen) atoms. The third-order valence-corrected chi connectivity index (χ3v) is 4.79. The molecule has 1 saturated heterocycles. The fraction of sp³-hybridized carbons (Fsp3) is 0.923. The second-order valence-electron chi connectivity index (χ2n) is 5.69. The van der Waals surface area contributed by atoms with Crippen LogP contribution in [0.2, 0.25) is 0 Å². The lowest BCUT2D eigenvalue weighted by Crippen LogP contribution is -2.45. The standard InChI is InChI=1S/C13H22N2O/c16-14-12-10-5-6-11(9-10)13(12)15-7-3-1-2-4-8-15/h10-11,13,16H,1-9H2/b14-12+. The first kappa shape index (κ1) is 10.6. The summed E-state index contributed by atoms with van der Waals surface area (Å²) in [5, 5.41) is 12.9. The van der Waals surface area contributed by atoms with Crippen molar-refractivity contribution in [2.75, 3.05) is 13.1 Å². The van der Waals surface area contributed by atoms with Gasteiger partial charge in [0.1, 0.15) is 0 Å². The molecule has 0 spiro atoms. The number of hydrogen-bond donors (Lipinski definition) is 1. The van der Waals surface area contributed by atoms with E-state index in [1.165, 1.54) is 58.0 Å². The fourth-order valence-corrected chi connectivity index (χ4v) is 4.05. The highest BCUT2D eigenvalue weighted by molar-refractivity contribution is 5.94. The minimum Gasteiger partial charge on any atom is -0.411 e. The van der Waals surface area contributed by atoms with E-state index in [0.29, 0.717) is 12.0 Å². The number of hydrogen-bond acceptors (Lipinski definition) is 3. The summed E-state index contributed by atoms with van der Waals surface area (Å²) in [6.07, 6.45) is 9.30. The molecular formula is C13H22N2O. The summed E-state index contributed by atoms with van der Waals surface area (Å²) in [6.45, 7) is 2.43. The van der Waals surface area contributed by atoms with Crippen LogP contribution >= 0.6 is 0 Å². The fourth-order valence-electron chi connectivity index (χ4n) is 4.05. The summed E-state index contributed by atoms with van der Waals surface area (Å²) in [7, 11) is 0. The zero-order chi connectivity index (χ0) is 11.0. The summed E-state index contributed by atoms with van der Waals surface area (Å²) in [5.41, 5.74) is 1.11. The summed E-state index contributed by atoms with van der Waals surface area (Å²) in [5.74, 6) is 1.39. The molecule has 1 heterocycles. The van der Waals surface area contributed by atoms with Crippen molar-refractivity contribution < 1.29 is 5.21 Å². The highest BCUT2D eigenvalue weighted by atomic mass is 16.4. The van der Waals surface area contributed by atoms with Crippen LogP contribution in [-0.4, -0.2) is 35.0 Å². The molecule has 3 unspecified atom stereocenters. The van der Waals surface area contributed by atoms with Gasteiger partial charge < -0.3 is 5.21 Å². The summed E-state index contributed by atoms with van der Waals surface area (Å²) in [6, 6.07) is 0.488. The van der Waals surface area contributed by atoms with Crippen molar-refractivity contribution in [2.24, 2.45) is 17.0 Å². The summed E-state index contributed by atoms with van der Waals surface area (Å²) >= 11 is 0. The molecule has 3 fully saturated rings. The van der Waals surface area contributed by atoms with E-state index in [-0.39, 0.29) is 0 Å². The van der Waals surface area contributed by atoms with Crippen LogP contribution in [0.3, 0.4) is 0 Å². The molecule has 3 atom stereocenters. The Bertz CT molecular complexity index is 282. The van der Waals surface area contributed by atoms with E-state index in [0.717, 1.165) is 11.6 Å². The first-order chi connectivity index (χ1) is 7.90. The van der Waals surface area contributed by atoms with Gasteiger partial charge in [0.2, 0.25) is 0 Å². The zero-order valence-electron chi connectivity index (χ0n) is 9.94. The van der Waals surface area contributed by atoms with Crippen molar-refractivity contribution >= 4 is 5.71 Å². The maximum Gasteiger partial charge on any atom is 0.0775 e. The Morgan fingerprint density at radius 3 is 2.50 bits per heavy atom. The molecule has 3 rings (SSSR count). The van der Waals surface area contributed by atoms with Gasteiger partial charge in [-0.15, -0.1) is 0 Å². The second-order valence-corrected chi connectivity index (χ2v) is 5.69. The Hall–Kier alpha value is -0.570. The molecule has 2 aliphatic carbocycles. The minimum absolute atomic E-state index is 0.488. The third-order valence-electron chi connectivity index (χ3n) is 4.79. The molecule has 0 aromatic carbocycles. The van der Waals surface area contributed by atoms with Crippen molar-refractivity contribution in [3.05, 3.63) is 0 Å². The minimum atomic E-state index is 0.488. The average molecular weight is 222 g/mol. The van der Waals surface area contributed by atoms with E-state index in [2.05, 4.69) is 10.1 Å². The largest absolute Gasteiger partial charge is 0.411 e. The van der Waals surface area contributed by atoms with Gasteiger partial charge in [-0.25, -0.2) is 0 Å². The molecule has 3 aliphatic rings. The van der Waals surface area contributed by atoms with Crippen molar-refractivity contribution in [3.8, 4) is 0 Å².